The third kappa shape index (κ3) is 3.18. The van der Waals surface area contributed by atoms with E-state index in [0.29, 0.717) is 10.5 Å². The van der Waals surface area contributed by atoms with Gasteiger partial charge in [0.2, 0.25) is 0 Å². The average Bonchev–Trinajstić information content (AvgIpc) is 1.94. The van der Waals surface area contributed by atoms with Gasteiger partial charge in [-0.05, 0) is 24.6 Å². The van der Waals surface area contributed by atoms with Gasteiger partial charge in [-0.2, -0.15) is 0 Å². The van der Waals surface area contributed by atoms with Crippen LogP contribution in [0.3, 0.4) is 0 Å². The van der Waals surface area contributed by atoms with E-state index in [4.69, 9.17) is 0 Å². The first-order valence-electron chi connectivity index (χ1n) is 3.44. The van der Waals surface area contributed by atoms with Crippen LogP contribution in [-0.4, -0.2) is 6.36 Å². The molecular weight excluding hydrogens is 201 g/mol. The molecule has 0 aliphatic carbocycles. The third-order valence-corrected chi connectivity index (χ3v) is 1.68. The standard InChI is InChI=1S/C8H7F3OS/c1-5-2-3-6(13)4-7(5)12-8(9,10)11/h2-4,13H,1H3. The zero-order chi connectivity index (χ0) is 10.1. The lowest BCUT2D eigenvalue weighted by atomic mass is 10.2. The Labute approximate surface area is 78.9 Å². The molecule has 1 rings (SSSR count). The van der Waals surface area contributed by atoms with Crippen molar-refractivity contribution in [2.24, 2.45) is 0 Å². The summed E-state index contributed by atoms with van der Waals surface area (Å²) < 4.78 is 39.2. The van der Waals surface area contributed by atoms with Crippen LogP contribution >= 0.6 is 12.6 Å². The van der Waals surface area contributed by atoms with Crippen molar-refractivity contribution in [2.45, 2.75) is 18.2 Å². The van der Waals surface area contributed by atoms with E-state index in [1.807, 2.05) is 0 Å². The van der Waals surface area contributed by atoms with Crippen molar-refractivity contribution in [1.29, 1.82) is 0 Å². The summed E-state index contributed by atoms with van der Waals surface area (Å²) in [5.41, 5.74) is 0.426. The van der Waals surface area contributed by atoms with E-state index >= 15 is 0 Å². The average molecular weight is 208 g/mol. The molecule has 0 fully saturated rings. The van der Waals surface area contributed by atoms with Gasteiger partial charge in [0.15, 0.2) is 0 Å². The van der Waals surface area contributed by atoms with E-state index in [1.165, 1.54) is 19.1 Å². The van der Waals surface area contributed by atoms with Crippen LogP contribution in [0.5, 0.6) is 5.75 Å². The summed E-state index contributed by atoms with van der Waals surface area (Å²) in [5.74, 6) is -0.208. The Bertz CT molecular complexity index is 309. The normalized spacial score (nSPS) is 11.5. The summed E-state index contributed by atoms with van der Waals surface area (Å²) in [5, 5.41) is 0. The van der Waals surface area contributed by atoms with Crippen LogP contribution < -0.4 is 4.74 Å². The smallest absolute Gasteiger partial charge is 0.405 e. The van der Waals surface area contributed by atoms with Crippen LogP contribution in [0.4, 0.5) is 13.2 Å². The van der Waals surface area contributed by atoms with Crippen molar-refractivity contribution < 1.29 is 17.9 Å². The molecule has 1 nitrogen and oxygen atoms in total. The molecule has 72 valence electrons. The molecular formula is C8H7F3OS. The molecule has 0 bridgehead atoms. The number of rotatable bonds is 1. The summed E-state index contributed by atoms with van der Waals surface area (Å²) in [6.45, 7) is 1.54. The van der Waals surface area contributed by atoms with Crippen molar-refractivity contribution >= 4 is 12.6 Å². The zero-order valence-corrected chi connectivity index (χ0v) is 7.62. The predicted molar refractivity (Wildman–Crippen MR) is 45.1 cm³/mol. The van der Waals surface area contributed by atoms with E-state index in [9.17, 15) is 13.2 Å². The molecule has 0 radical (unpaired) electrons. The van der Waals surface area contributed by atoms with E-state index in [0.717, 1.165) is 0 Å². The molecule has 13 heavy (non-hydrogen) atoms. The minimum absolute atomic E-state index is 0.208. The number of halogens is 3. The van der Waals surface area contributed by atoms with E-state index in [2.05, 4.69) is 17.4 Å². The van der Waals surface area contributed by atoms with Gasteiger partial charge in [-0.25, -0.2) is 0 Å². The molecule has 1 aromatic carbocycles. The maximum Gasteiger partial charge on any atom is 0.573 e. The summed E-state index contributed by atoms with van der Waals surface area (Å²) in [6, 6.07) is 4.34. The van der Waals surface area contributed by atoms with Gasteiger partial charge in [0, 0.05) is 4.90 Å². The molecule has 0 heterocycles. The second-order valence-electron chi connectivity index (χ2n) is 2.50. The fourth-order valence-corrected chi connectivity index (χ4v) is 1.02. The van der Waals surface area contributed by atoms with Crippen LogP contribution in [-0.2, 0) is 0 Å². The Morgan fingerprint density at radius 2 is 1.92 bits per heavy atom. The monoisotopic (exact) mass is 208 g/mol. The molecule has 0 spiro atoms. The molecule has 0 aliphatic rings. The van der Waals surface area contributed by atoms with Crippen LogP contribution in [0.1, 0.15) is 5.56 Å². The highest BCUT2D eigenvalue weighted by Crippen LogP contribution is 2.27. The van der Waals surface area contributed by atoms with Gasteiger partial charge in [-0.3, -0.25) is 0 Å². The first kappa shape index (κ1) is 10.2. The van der Waals surface area contributed by atoms with Crippen molar-refractivity contribution in [3.8, 4) is 5.75 Å². The molecule has 0 saturated carbocycles. The largest absolute Gasteiger partial charge is 0.573 e. The van der Waals surface area contributed by atoms with E-state index in [-0.39, 0.29) is 5.75 Å². The summed E-state index contributed by atoms with van der Waals surface area (Å²) in [7, 11) is 0. The third-order valence-electron chi connectivity index (χ3n) is 1.40. The Balaban J connectivity index is 2.94. The maximum absolute atomic E-state index is 11.8. The number of alkyl halides is 3. The number of ether oxygens (including phenoxy) is 1. The number of hydrogen-bond donors (Lipinski definition) is 1. The van der Waals surface area contributed by atoms with Crippen molar-refractivity contribution in [3.63, 3.8) is 0 Å². The molecule has 0 N–H and O–H groups in total. The molecule has 5 heteroatoms. The first-order valence-corrected chi connectivity index (χ1v) is 3.88. The van der Waals surface area contributed by atoms with Gasteiger partial charge in [-0.15, -0.1) is 25.8 Å². The Morgan fingerprint density at radius 3 is 2.46 bits per heavy atom. The second-order valence-corrected chi connectivity index (χ2v) is 3.01. The first-order chi connectivity index (χ1) is 5.88. The van der Waals surface area contributed by atoms with Crippen LogP contribution in [0, 0.1) is 6.92 Å². The highest BCUT2D eigenvalue weighted by atomic mass is 32.1. The van der Waals surface area contributed by atoms with Gasteiger partial charge in [0.05, 0.1) is 0 Å². The van der Waals surface area contributed by atoms with Gasteiger partial charge in [-0.1, -0.05) is 6.07 Å². The lowest BCUT2D eigenvalue weighted by Crippen LogP contribution is -2.17. The number of hydrogen-bond acceptors (Lipinski definition) is 2. The second kappa shape index (κ2) is 3.49. The zero-order valence-electron chi connectivity index (χ0n) is 6.72. The van der Waals surface area contributed by atoms with Crippen LogP contribution in [0.15, 0.2) is 23.1 Å². The lowest BCUT2D eigenvalue weighted by Gasteiger charge is -2.11. The predicted octanol–water partition coefficient (Wildman–Crippen LogP) is 3.18. The van der Waals surface area contributed by atoms with Gasteiger partial charge < -0.3 is 4.74 Å². The summed E-state index contributed by atoms with van der Waals surface area (Å²) in [6.07, 6.45) is -4.65. The number of aryl methyl sites for hydroxylation is 1. The van der Waals surface area contributed by atoms with Gasteiger partial charge >= 0.3 is 6.36 Å². The minimum atomic E-state index is -4.65. The van der Waals surface area contributed by atoms with Crippen LogP contribution in [0.25, 0.3) is 0 Å². The van der Waals surface area contributed by atoms with Crippen LogP contribution in [0.2, 0.25) is 0 Å². The SMILES string of the molecule is Cc1ccc(S)cc1OC(F)(F)F. The number of benzene rings is 1. The molecule has 0 atom stereocenters. The van der Waals surface area contributed by atoms with E-state index < -0.39 is 6.36 Å². The maximum atomic E-state index is 11.8. The lowest BCUT2D eigenvalue weighted by molar-refractivity contribution is -0.274. The molecule has 0 saturated heterocycles. The van der Waals surface area contributed by atoms with Crippen molar-refractivity contribution in [3.05, 3.63) is 23.8 Å². The fraction of sp³-hybridized carbons (Fsp3) is 0.250. The Hall–Kier alpha value is -0.840. The Kier molecular flexibility index (Phi) is 2.75. The van der Waals surface area contributed by atoms with Gasteiger partial charge in [0.25, 0.3) is 0 Å². The molecule has 0 unspecified atom stereocenters. The summed E-state index contributed by atoms with van der Waals surface area (Å²) in [4.78, 5) is 0.435. The van der Waals surface area contributed by atoms with Crippen molar-refractivity contribution in [2.75, 3.05) is 0 Å². The van der Waals surface area contributed by atoms with Gasteiger partial charge in [0.1, 0.15) is 5.75 Å². The quantitative estimate of drug-likeness (QED) is 0.697. The van der Waals surface area contributed by atoms with Crippen molar-refractivity contribution in [1.82, 2.24) is 0 Å². The highest BCUT2D eigenvalue weighted by Gasteiger charge is 2.31. The molecule has 1 aromatic rings. The van der Waals surface area contributed by atoms with E-state index in [1.54, 1.807) is 6.07 Å². The minimum Gasteiger partial charge on any atom is -0.405 e. The Morgan fingerprint density at radius 1 is 1.31 bits per heavy atom. The molecule has 0 aromatic heterocycles. The molecule has 0 amide bonds. The fourth-order valence-electron chi connectivity index (χ4n) is 0.823. The molecule has 0 aliphatic heterocycles. The topological polar surface area (TPSA) is 9.23 Å². The number of thiol groups is 1. The highest BCUT2D eigenvalue weighted by molar-refractivity contribution is 7.80. The summed E-state index contributed by atoms with van der Waals surface area (Å²) >= 11 is 3.90.